The Hall–Kier alpha value is -3.03. The highest BCUT2D eigenvalue weighted by Gasteiger charge is 2.20. The summed E-state index contributed by atoms with van der Waals surface area (Å²) < 4.78 is 39.6. The van der Waals surface area contributed by atoms with Gasteiger partial charge >= 0.3 is 7.12 Å². The van der Waals surface area contributed by atoms with Gasteiger partial charge in [0.1, 0.15) is 23.1 Å². The van der Waals surface area contributed by atoms with Gasteiger partial charge in [0.05, 0.1) is 14.2 Å². The molecular weight excluding hydrogens is 808 g/mol. The number of rotatable bonds is 4. The lowest BCUT2D eigenvalue weighted by Gasteiger charge is -2.13. The zero-order valence-electron chi connectivity index (χ0n) is 23.6. The summed E-state index contributed by atoms with van der Waals surface area (Å²) in [5.74, 6) is 0.728. The molecule has 6 aromatic rings. The number of hydrogen-bond acceptors (Lipinski definition) is 4. The van der Waals surface area contributed by atoms with Crippen LogP contribution < -0.4 is 14.9 Å². The minimum absolute atomic E-state index is 0.168. The number of halogens is 5. The van der Waals surface area contributed by atoms with Crippen molar-refractivity contribution in [3.05, 3.63) is 133 Å². The number of hydrogen-bond donors (Lipinski definition) is 2. The van der Waals surface area contributed by atoms with E-state index < -0.39 is 7.12 Å². The second-order valence-electron chi connectivity index (χ2n) is 9.32. The van der Waals surface area contributed by atoms with E-state index in [9.17, 15) is 18.8 Å². The molecule has 0 heterocycles. The summed E-state index contributed by atoms with van der Waals surface area (Å²) in [6.07, 6.45) is 0. The quantitative estimate of drug-likeness (QED) is 0.106. The summed E-state index contributed by atoms with van der Waals surface area (Å²) >= 11 is 8.57. The summed E-state index contributed by atoms with van der Waals surface area (Å²) in [6, 6.07) is 32.7. The minimum Gasteiger partial charge on any atom is -0.497 e. The van der Waals surface area contributed by atoms with Crippen LogP contribution in [-0.2, 0) is 0 Å². The van der Waals surface area contributed by atoms with E-state index in [2.05, 4.69) is 31.9 Å². The van der Waals surface area contributed by atoms with Crippen LogP contribution in [0.2, 0.25) is 0 Å². The van der Waals surface area contributed by atoms with Crippen molar-refractivity contribution in [2.24, 2.45) is 0 Å². The second kappa shape index (κ2) is 15.8. The zero-order valence-corrected chi connectivity index (χ0v) is 28.9. The van der Waals surface area contributed by atoms with E-state index in [1.165, 1.54) is 19.2 Å². The van der Waals surface area contributed by atoms with Gasteiger partial charge in [0.25, 0.3) is 0 Å². The Balaban J connectivity index is 0.000000162. The van der Waals surface area contributed by atoms with Gasteiger partial charge in [-0.1, -0.05) is 92.5 Å². The molecule has 0 spiro atoms. The maximum atomic E-state index is 14.2. The molecule has 0 atom stereocenters. The van der Waals surface area contributed by atoms with Gasteiger partial charge in [-0.05, 0) is 92.7 Å². The van der Waals surface area contributed by atoms with E-state index in [1.807, 2.05) is 89.3 Å². The van der Waals surface area contributed by atoms with Gasteiger partial charge in [0.2, 0.25) is 0 Å². The van der Waals surface area contributed by atoms with Crippen molar-refractivity contribution in [1.82, 2.24) is 0 Å². The Morgan fingerprint density at radius 1 is 0.636 bits per heavy atom. The third kappa shape index (κ3) is 8.16. The predicted molar refractivity (Wildman–Crippen MR) is 191 cm³/mol. The van der Waals surface area contributed by atoms with E-state index in [0.717, 1.165) is 36.1 Å². The van der Waals surface area contributed by atoms with Gasteiger partial charge in [0, 0.05) is 29.1 Å². The van der Waals surface area contributed by atoms with Gasteiger partial charge in [0.15, 0.2) is 0 Å². The van der Waals surface area contributed by atoms with Crippen molar-refractivity contribution in [1.29, 1.82) is 0 Å². The van der Waals surface area contributed by atoms with Crippen LogP contribution in [0.3, 0.4) is 0 Å². The van der Waals surface area contributed by atoms with Gasteiger partial charge < -0.3 is 19.5 Å². The van der Waals surface area contributed by atoms with Crippen molar-refractivity contribution >= 4 is 88.6 Å². The summed E-state index contributed by atoms with van der Waals surface area (Å²) in [6.45, 7) is 0. The maximum absolute atomic E-state index is 14.2. The summed E-state index contributed by atoms with van der Waals surface area (Å²) in [4.78, 5) is 0. The van der Waals surface area contributed by atoms with Crippen LogP contribution in [0.15, 0.2) is 118 Å². The van der Waals surface area contributed by atoms with Gasteiger partial charge in [-0.3, -0.25) is 0 Å². The number of benzene rings is 6. The van der Waals surface area contributed by atoms with E-state index in [4.69, 9.17) is 9.47 Å². The standard InChI is InChI=1S/C17H12BrFO.C11H11BO3.C6H3BrFI/c1-20-16-9-6-11-4-2-3-5-13(11)17(16)14-10-12(18)7-8-15(14)19;1-15-10-7-6-8-4-2-3-5-9(8)11(10)12(13)14;7-4-1-2-5(8)6(9)3-4/h2-10H,1H3;2-7,13-14H,1H3;1-3H. The Kier molecular flexibility index (Phi) is 12.2. The summed E-state index contributed by atoms with van der Waals surface area (Å²) in [5.41, 5.74) is 1.73. The van der Waals surface area contributed by atoms with Crippen molar-refractivity contribution in [2.75, 3.05) is 14.2 Å². The molecule has 0 fully saturated rings. The van der Waals surface area contributed by atoms with Crippen molar-refractivity contribution in [3.8, 4) is 22.6 Å². The smallest absolute Gasteiger partial charge is 0.492 e. The average Bonchev–Trinajstić information content (AvgIpc) is 3.03. The van der Waals surface area contributed by atoms with Crippen molar-refractivity contribution in [3.63, 3.8) is 0 Å². The normalized spacial score (nSPS) is 10.4. The SMILES string of the molecule is COc1ccc2ccccc2c1-c1cc(Br)ccc1F.COc1ccc2ccccc2c1B(O)O.Fc1ccc(Br)cc1I. The number of methoxy groups -OCH3 is 2. The zero-order chi connectivity index (χ0) is 31.8. The summed E-state index contributed by atoms with van der Waals surface area (Å²) in [5, 5.41) is 22.4. The number of ether oxygens (including phenoxy) is 2. The maximum Gasteiger partial charge on any atom is 0.492 e. The highest BCUT2D eigenvalue weighted by molar-refractivity contribution is 14.1. The molecule has 10 heteroatoms. The molecule has 44 heavy (non-hydrogen) atoms. The van der Waals surface area contributed by atoms with E-state index >= 15 is 0 Å². The van der Waals surface area contributed by atoms with Crippen molar-refractivity contribution < 1.29 is 28.3 Å². The molecule has 6 aromatic carbocycles. The first-order valence-corrected chi connectivity index (χ1v) is 15.8. The topological polar surface area (TPSA) is 58.9 Å². The highest BCUT2D eigenvalue weighted by atomic mass is 127. The summed E-state index contributed by atoms with van der Waals surface area (Å²) in [7, 11) is 1.59. The molecule has 0 aliphatic heterocycles. The second-order valence-corrected chi connectivity index (χ2v) is 12.3. The molecular formula is C34H26BBr2F2IO4. The largest absolute Gasteiger partial charge is 0.497 e. The predicted octanol–water partition coefficient (Wildman–Crippen LogP) is 9.14. The third-order valence-electron chi connectivity index (χ3n) is 6.60. The third-order valence-corrected chi connectivity index (χ3v) is 8.41. The van der Waals surface area contributed by atoms with Gasteiger partial charge in [-0.25, -0.2) is 8.78 Å². The molecule has 0 aromatic heterocycles. The molecule has 0 unspecified atom stereocenters. The fourth-order valence-electron chi connectivity index (χ4n) is 4.58. The lowest BCUT2D eigenvalue weighted by atomic mass is 9.76. The molecule has 0 radical (unpaired) electrons. The van der Waals surface area contributed by atoms with Crippen LogP contribution in [0, 0.1) is 15.2 Å². The van der Waals surface area contributed by atoms with E-state index in [-0.39, 0.29) is 11.6 Å². The van der Waals surface area contributed by atoms with Crippen LogP contribution >= 0.6 is 54.5 Å². The highest BCUT2D eigenvalue weighted by Crippen LogP contribution is 2.39. The molecule has 0 aliphatic carbocycles. The van der Waals surface area contributed by atoms with Crippen LogP contribution in [0.4, 0.5) is 8.78 Å². The Morgan fingerprint density at radius 3 is 1.73 bits per heavy atom. The Bertz CT molecular complexity index is 1910. The first-order valence-electron chi connectivity index (χ1n) is 13.2. The molecule has 2 N–H and O–H groups in total. The first kappa shape index (κ1) is 33.9. The molecule has 224 valence electrons. The Morgan fingerprint density at radius 2 is 1.16 bits per heavy atom. The lowest BCUT2D eigenvalue weighted by Crippen LogP contribution is -2.31. The molecule has 0 bridgehead atoms. The van der Waals surface area contributed by atoms with Crippen LogP contribution in [0.1, 0.15) is 0 Å². The van der Waals surface area contributed by atoms with Crippen molar-refractivity contribution in [2.45, 2.75) is 0 Å². The molecule has 6 rings (SSSR count). The van der Waals surface area contributed by atoms with Gasteiger partial charge in [-0.15, -0.1) is 0 Å². The molecule has 0 saturated carbocycles. The molecule has 4 nitrogen and oxygen atoms in total. The first-order chi connectivity index (χ1) is 21.1. The van der Waals surface area contributed by atoms with Gasteiger partial charge in [-0.2, -0.15) is 0 Å². The van der Waals surface area contributed by atoms with Crippen LogP contribution in [-0.4, -0.2) is 31.4 Å². The van der Waals surface area contributed by atoms with Crippen LogP contribution in [0.5, 0.6) is 11.5 Å². The minimum atomic E-state index is -1.52. The fraction of sp³-hybridized carbons (Fsp3) is 0.0588. The fourth-order valence-corrected chi connectivity index (χ4v) is 6.24. The van der Waals surface area contributed by atoms with E-state index in [1.54, 1.807) is 37.4 Å². The molecule has 0 saturated heterocycles. The molecule has 0 aliphatic rings. The van der Waals surface area contributed by atoms with E-state index in [0.29, 0.717) is 26.1 Å². The Labute approximate surface area is 285 Å². The average molecular weight is 834 g/mol. The van der Waals surface area contributed by atoms with Crippen LogP contribution in [0.25, 0.3) is 32.7 Å². The lowest BCUT2D eigenvalue weighted by molar-refractivity contribution is 0.404. The molecule has 0 amide bonds. The number of fused-ring (bicyclic) bond motifs is 2. The monoisotopic (exact) mass is 832 g/mol.